The molecule has 3 heteroatoms. The average Bonchev–Trinajstić information content (AvgIpc) is 2.13. The summed E-state index contributed by atoms with van der Waals surface area (Å²) in [5, 5.41) is 0. The van der Waals surface area contributed by atoms with Gasteiger partial charge < -0.3 is 9.47 Å². The predicted molar refractivity (Wildman–Crippen MR) is 51.6 cm³/mol. The van der Waals surface area contributed by atoms with E-state index in [1.807, 2.05) is 0 Å². The Labute approximate surface area is 79.7 Å². The molecule has 0 aromatic carbocycles. The van der Waals surface area contributed by atoms with Gasteiger partial charge in [0.25, 0.3) is 0 Å². The highest BCUT2D eigenvalue weighted by Crippen LogP contribution is 1.96. The lowest BCUT2D eigenvalue weighted by Crippen LogP contribution is -2.08. The number of carbonyl (C=O) groups is 1. The Morgan fingerprint density at radius 1 is 1.31 bits per heavy atom. The molecule has 0 bridgehead atoms. The SMILES string of the molecule is C=CCCOC(=O)OCCCCC. The molecule has 0 saturated heterocycles. The van der Waals surface area contributed by atoms with Crippen molar-refractivity contribution in [3.8, 4) is 0 Å². The van der Waals surface area contributed by atoms with Crippen molar-refractivity contribution in [3.05, 3.63) is 12.7 Å². The van der Waals surface area contributed by atoms with E-state index in [2.05, 4.69) is 13.5 Å². The van der Waals surface area contributed by atoms with Gasteiger partial charge in [0.15, 0.2) is 0 Å². The van der Waals surface area contributed by atoms with Crippen LogP contribution in [0.5, 0.6) is 0 Å². The second kappa shape index (κ2) is 9.10. The fourth-order valence-corrected chi connectivity index (χ4v) is 0.775. The monoisotopic (exact) mass is 186 g/mol. The average molecular weight is 186 g/mol. The van der Waals surface area contributed by atoms with E-state index in [0.717, 1.165) is 19.3 Å². The molecule has 0 aromatic rings. The predicted octanol–water partition coefficient (Wildman–Crippen LogP) is 2.91. The third kappa shape index (κ3) is 8.92. The summed E-state index contributed by atoms with van der Waals surface area (Å²) in [5.41, 5.74) is 0. The molecule has 0 fully saturated rings. The molecule has 0 spiro atoms. The second-order valence-electron chi connectivity index (χ2n) is 2.73. The molecule has 76 valence electrons. The van der Waals surface area contributed by atoms with Crippen molar-refractivity contribution in [1.82, 2.24) is 0 Å². The number of unbranched alkanes of at least 4 members (excludes halogenated alkanes) is 2. The Bertz CT molecular complexity index is 143. The Hall–Kier alpha value is -0.990. The van der Waals surface area contributed by atoms with Crippen molar-refractivity contribution in [2.24, 2.45) is 0 Å². The zero-order valence-corrected chi connectivity index (χ0v) is 8.25. The van der Waals surface area contributed by atoms with Crippen LogP contribution in [0.25, 0.3) is 0 Å². The molecule has 0 radical (unpaired) electrons. The summed E-state index contributed by atoms with van der Waals surface area (Å²) in [4.78, 5) is 10.8. The molecule has 13 heavy (non-hydrogen) atoms. The summed E-state index contributed by atoms with van der Waals surface area (Å²) < 4.78 is 9.53. The number of carbonyl (C=O) groups excluding carboxylic acids is 1. The fraction of sp³-hybridized carbons (Fsp3) is 0.700. The molecule has 0 amide bonds. The molecule has 0 unspecified atom stereocenters. The van der Waals surface area contributed by atoms with E-state index in [1.54, 1.807) is 6.08 Å². The molecule has 0 aliphatic heterocycles. The lowest BCUT2D eigenvalue weighted by atomic mass is 10.3. The summed E-state index contributed by atoms with van der Waals surface area (Å²) in [6.45, 7) is 6.43. The van der Waals surface area contributed by atoms with Crippen LogP contribution < -0.4 is 0 Å². The van der Waals surface area contributed by atoms with Gasteiger partial charge in [0.2, 0.25) is 0 Å². The lowest BCUT2D eigenvalue weighted by Gasteiger charge is -2.04. The molecule has 0 N–H and O–H groups in total. The largest absolute Gasteiger partial charge is 0.508 e. The number of rotatable bonds is 7. The van der Waals surface area contributed by atoms with Gasteiger partial charge in [-0.25, -0.2) is 4.79 Å². The van der Waals surface area contributed by atoms with Crippen molar-refractivity contribution in [2.45, 2.75) is 32.6 Å². The van der Waals surface area contributed by atoms with Crippen LogP contribution >= 0.6 is 0 Å². The molecular weight excluding hydrogens is 168 g/mol. The minimum Gasteiger partial charge on any atom is -0.434 e. The van der Waals surface area contributed by atoms with Crippen LogP contribution in [0.15, 0.2) is 12.7 Å². The van der Waals surface area contributed by atoms with Crippen molar-refractivity contribution >= 4 is 6.16 Å². The van der Waals surface area contributed by atoms with E-state index in [1.165, 1.54) is 0 Å². The van der Waals surface area contributed by atoms with Crippen molar-refractivity contribution in [2.75, 3.05) is 13.2 Å². The molecule has 0 atom stereocenters. The summed E-state index contributed by atoms with van der Waals surface area (Å²) in [5.74, 6) is 0. The topological polar surface area (TPSA) is 35.5 Å². The minimum atomic E-state index is -0.571. The summed E-state index contributed by atoms with van der Waals surface area (Å²) in [7, 11) is 0. The van der Waals surface area contributed by atoms with Crippen LogP contribution in [-0.4, -0.2) is 19.4 Å². The molecule has 0 saturated carbocycles. The standard InChI is InChI=1S/C10H18O3/c1-3-5-7-9-13-10(11)12-8-6-4-2/h4H,2-3,5-9H2,1H3. The quantitative estimate of drug-likeness (QED) is 0.348. The van der Waals surface area contributed by atoms with Gasteiger partial charge in [-0.2, -0.15) is 0 Å². The van der Waals surface area contributed by atoms with Crippen LogP contribution in [0.4, 0.5) is 4.79 Å². The molecule has 0 aliphatic rings. The van der Waals surface area contributed by atoms with Crippen molar-refractivity contribution in [1.29, 1.82) is 0 Å². The van der Waals surface area contributed by atoms with Crippen LogP contribution in [0, 0.1) is 0 Å². The van der Waals surface area contributed by atoms with Gasteiger partial charge in [-0.1, -0.05) is 25.8 Å². The third-order valence-corrected chi connectivity index (χ3v) is 1.51. The number of ether oxygens (including phenoxy) is 2. The first-order valence-corrected chi connectivity index (χ1v) is 4.71. The first-order valence-electron chi connectivity index (χ1n) is 4.71. The van der Waals surface area contributed by atoms with Crippen LogP contribution in [0.2, 0.25) is 0 Å². The Kier molecular flexibility index (Phi) is 8.41. The third-order valence-electron chi connectivity index (χ3n) is 1.51. The molecular formula is C10H18O3. The first kappa shape index (κ1) is 12.0. The Balaban J connectivity index is 3.15. The van der Waals surface area contributed by atoms with E-state index in [9.17, 15) is 4.79 Å². The van der Waals surface area contributed by atoms with E-state index >= 15 is 0 Å². The van der Waals surface area contributed by atoms with Gasteiger partial charge >= 0.3 is 6.16 Å². The number of hydrogen-bond donors (Lipinski definition) is 0. The highest BCUT2D eigenvalue weighted by atomic mass is 16.7. The Morgan fingerprint density at radius 2 is 2.00 bits per heavy atom. The highest BCUT2D eigenvalue weighted by molar-refractivity contribution is 5.59. The summed E-state index contributed by atoms with van der Waals surface area (Å²) >= 11 is 0. The minimum absolute atomic E-state index is 0.357. The van der Waals surface area contributed by atoms with Crippen LogP contribution in [0.1, 0.15) is 32.6 Å². The van der Waals surface area contributed by atoms with Crippen molar-refractivity contribution < 1.29 is 14.3 Å². The summed E-state index contributed by atoms with van der Waals surface area (Å²) in [6, 6.07) is 0. The van der Waals surface area contributed by atoms with Crippen LogP contribution in [0.3, 0.4) is 0 Å². The van der Waals surface area contributed by atoms with E-state index < -0.39 is 6.16 Å². The van der Waals surface area contributed by atoms with Gasteiger partial charge in [-0.15, -0.1) is 6.58 Å². The van der Waals surface area contributed by atoms with E-state index in [-0.39, 0.29) is 0 Å². The van der Waals surface area contributed by atoms with E-state index in [4.69, 9.17) is 9.47 Å². The smallest absolute Gasteiger partial charge is 0.434 e. The zero-order valence-electron chi connectivity index (χ0n) is 8.25. The maximum Gasteiger partial charge on any atom is 0.508 e. The molecule has 0 rings (SSSR count). The molecule has 0 heterocycles. The molecule has 0 aliphatic carbocycles. The zero-order chi connectivity index (χ0) is 9.94. The Morgan fingerprint density at radius 3 is 2.62 bits per heavy atom. The normalized spacial score (nSPS) is 9.31. The maximum atomic E-state index is 10.8. The molecule has 0 aromatic heterocycles. The number of hydrogen-bond acceptors (Lipinski definition) is 3. The molecule has 3 nitrogen and oxygen atoms in total. The first-order chi connectivity index (χ1) is 6.31. The van der Waals surface area contributed by atoms with Crippen molar-refractivity contribution in [3.63, 3.8) is 0 Å². The van der Waals surface area contributed by atoms with Gasteiger partial charge in [0.05, 0.1) is 13.2 Å². The lowest BCUT2D eigenvalue weighted by molar-refractivity contribution is 0.0554. The fourth-order valence-electron chi connectivity index (χ4n) is 0.775. The highest BCUT2D eigenvalue weighted by Gasteiger charge is 2.01. The summed E-state index contributed by atoms with van der Waals surface area (Å²) in [6.07, 6.45) is 4.91. The van der Waals surface area contributed by atoms with E-state index in [0.29, 0.717) is 19.6 Å². The van der Waals surface area contributed by atoms with Gasteiger partial charge in [0, 0.05) is 0 Å². The van der Waals surface area contributed by atoms with Gasteiger partial charge in [-0.05, 0) is 12.8 Å². The van der Waals surface area contributed by atoms with Gasteiger partial charge in [-0.3, -0.25) is 0 Å². The maximum absolute atomic E-state index is 10.8. The van der Waals surface area contributed by atoms with Crippen LogP contribution in [-0.2, 0) is 9.47 Å². The van der Waals surface area contributed by atoms with Gasteiger partial charge in [0.1, 0.15) is 0 Å². The second-order valence-corrected chi connectivity index (χ2v) is 2.73.